The summed E-state index contributed by atoms with van der Waals surface area (Å²) in [6, 6.07) is 1.74. The van der Waals surface area contributed by atoms with Gasteiger partial charge in [-0.3, -0.25) is 0 Å². The molecule has 0 aliphatic carbocycles. The molecule has 52 valence electrons. The molecule has 0 aromatic heterocycles. The van der Waals surface area contributed by atoms with Gasteiger partial charge in [-0.25, -0.2) is 0 Å². The average Bonchev–Trinajstić information content (AvgIpc) is 1.87. The number of nitriles is 1. The SMILES string of the molecule is C=C(C#N)C=C(F)[C](C)=[W]. The molecular formula is C7H6FNW. The summed E-state index contributed by atoms with van der Waals surface area (Å²) in [5.74, 6) is -0.346. The minimum absolute atomic E-state index is 0.151. The topological polar surface area (TPSA) is 23.8 Å². The Morgan fingerprint density at radius 3 is 2.60 bits per heavy atom. The fraction of sp³-hybridized carbons (Fsp3) is 0.143. The standard InChI is InChI=1S/C7H6FN.W/c1-3-7(8)4-6(2)5-9;/h4H,2H2,1H3;. The van der Waals surface area contributed by atoms with Gasteiger partial charge in [0.05, 0.1) is 0 Å². The van der Waals surface area contributed by atoms with Crippen LogP contribution in [0.15, 0.2) is 24.1 Å². The first-order chi connectivity index (χ1) is 4.57. The Morgan fingerprint density at radius 1 is 1.80 bits per heavy atom. The van der Waals surface area contributed by atoms with Crippen molar-refractivity contribution in [2.45, 2.75) is 6.92 Å². The van der Waals surface area contributed by atoms with E-state index in [4.69, 9.17) is 5.26 Å². The van der Waals surface area contributed by atoms with Crippen LogP contribution in [-0.2, 0) is 19.4 Å². The molecule has 0 atom stereocenters. The quantitative estimate of drug-likeness (QED) is 0.562. The number of allylic oxidation sites excluding steroid dienone is 3. The Hall–Kier alpha value is -0.542. The first-order valence-corrected chi connectivity index (χ1v) is 4.01. The van der Waals surface area contributed by atoms with Crippen LogP contribution >= 0.6 is 0 Å². The Labute approximate surface area is 70.3 Å². The summed E-state index contributed by atoms with van der Waals surface area (Å²) >= 11 is 1.06. The van der Waals surface area contributed by atoms with Gasteiger partial charge in [0.2, 0.25) is 0 Å². The predicted molar refractivity (Wildman–Crippen MR) is 34.6 cm³/mol. The molecule has 0 spiro atoms. The fourth-order valence-electron chi connectivity index (χ4n) is 0.287. The van der Waals surface area contributed by atoms with Gasteiger partial charge in [-0.1, -0.05) is 0 Å². The van der Waals surface area contributed by atoms with E-state index in [1.807, 2.05) is 0 Å². The second-order valence-corrected chi connectivity index (χ2v) is 3.89. The molecule has 0 saturated heterocycles. The molecule has 0 rings (SSSR count). The van der Waals surface area contributed by atoms with Crippen LogP contribution < -0.4 is 0 Å². The van der Waals surface area contributed by atoms with E-state index in [0.29, 0.717) is 3.90 Å². The van der Waals surface area contributed by atoms with Gasteiger partial charge >= 0.3 is 70.0 Å². The van der Waals surface area contributed by atoms with Crippen LogP contribution in [0.5, 0.6) is 0 Å². The van der Waals surface area contributed by atoms with E-state index in [2.05, 4.69) is 6.58 Å². The van der Waals surface area contributed by atoms with Crippen LogP contribution in [0.3, 0.4) is 0 Å². The first-order valence-electron chi connectivity index (χ1n) is 2.55. The number of rotatable bonds is 2. The minimum atomic E-state index is -0.346. The Bertz CT molecular complexity index is 234. The van der Waals surface area contributed by atoms with E-state index in [9.17, 15) is 4.39 Å². The second kappa shape index (κ2) is 4.30. The molecule has 0 aliphatic rings. The molecule has 0 radical (unpaired) electrons. The number of nitrogens with zero attached hydrogens (tertiary/aromatic N) is 1. The van der Waals surface area contributed by atoms with E-state index in [-0.39, 0.29) is 11.4 Å². The van der Waals surface area contributed by atoms with Crippen LogP contribution in [0.2, 0.25) is 0 Å². The molecule has 0 fully saturated rings. The first kappa shape index (κ1) is 9.46. The van der Waals surface area contributed by atoms with Crippen molar-refractivity contribution in [1.29, 1.82) is 5.26 Å². The van der Waals surface area contributed by atoms with Gasteiger partial charge in [-0.15, -0.1) is 0 Å². The maximum atomic E-state index is 12.6. The van der Waals surface area contributed by atoms with Gasteiger partial charge in [0.1, 0.15) is 0 Å². The van der Waals surface area contributed by atoms with Crippen LogP contribution in [0.25, 0.3) is 0 Å². The predicted octanol–water partition coefficient (Wildman–Crippen LogP) is 1.66. The van der Waals surface area contributed by atoms with E-state index in [1.165, 1.54) is 0 Å². The monoisotopic (exact) mass is 307 g/mol. The summed E-state index contributed by atoms with van der Waals surface area (Å²) in [6.07, 6.45) is 1.14. The van der Waals surface area contributed by atoms with Crippen molar-refractivity contribution in [3.63, 3.8) is 0 Å². The van der Waals surface area contributed by atoms with Gasteiger partial charge in [-0.2, -0.15) is 0 Å². The van der Waals surface area contributed by atoms with Crippen molar-refractivity contribution in [3.8, 4) is 6.07 Å². The van der Waals surface area contributed by atoms with Crippen molar-refractivity contribution in [3.05, 3.63) is 24.1 Å². The normalized spacial score (nSPS) is 10.3. The molecule has 0 aromatic rings. The average molecular weight is 307 g/mol. The number of hydrogen-bond acceptors (Lipinski definition) is 1. The van der Waals surface area contributed by atoms with Gasteiger partial charge in [-0.05, 0) is 0 Å². The summed E-state index contributed by atoms with van der Waals surface area (Å²) < 4.78 is 13.2. The number of halogens is 1. The van der Waals surface area contributed by atoms with Gasteiger partial charge in [0, 0.05) is 0 Å². The van der Waals surface area contributed by atoms with E-state index >= 15 is 0 Å². The van der Waals surface area contributed by atoms with Crippen molar-refractivity contribution in [1.82, 2.24) is 0 Å². The molecule has 0 amide bonds. The molecule has 0 unspecified atom stereocenters. The molecule has 10 heavy (non-hydrogen) atoms. The van der Waals surface area contributed by atoms with E-state index < -0.39 is 0 Å². The molecule has 0 saturated carbocycles. The van der Waals surface area contributed by atoms with E-state index in [1.54, 1.807) is 13.0 Å². The molecule has 0 aromatic carbocycles. The zero-order valence-corrected chi connectivity index (χ0v) is 8.45. The fourth-order valence-corrected chi connectivity index (χ4v) is 0.499. The molecule has 3 heteroatoms. The molecule has 0 bridgehead atoms. The van der Waals surface area contributed by atoms with E-state index in [0.717, 1.165) is 25.4 Å². The summed E-state index contributed by atoms with van der Waals surface area (Å²) in [4.78, 5) is 0. The Balaban J connectivity index is 4.35. The zero-order chi connectivity index (χ0) is 8.15. The van der Waals surface area contributed by atoms with Gasteiger partial charge in [0.15, 0.2) is 0 Å². The third-order valence-electron chi connectivity index (χ3n) is 0.781. The summed E-state index contributed by atoms with van der Waals surface area (Å²) in [6.45, 7) is 4.99. The molecule has 1 nitrogen and oxygen atoms in total. The van der Waals surface area contributed by atoms with Crippen LogP contribution in [-0.4, -0.2) is 3.90 Å². The molecule has 0 N–H and O–H groups in total. The van der Waals surface area contributed by atoms with Gasteiger partial charge in [0.25, 0.3) is 0 Å². The molecule has 0 heterocycles. The molecular weight excluding hydrogens is 301 g/mol. The third-order valence-corrected chi connectivity index (χ3v) is 1.48. The summed E-state index contributed by atoms with van der Waals surface area (Å²) in [5.41, 5.74) is 0.151. The van der Waals surface area contributed by atoms with Crippen molar-refractivity contribution >= 4 is 3.90 Å². The zero-order valence-electron chi connectivity index (χ0n) is 5.52. The van der Waals surface area contributed by atoms with Gasteiger partial charge < -0.3 is 0 Å². The second-order valence-electron chi connectivity index (χ2n) is 1.69. The van der Waals surface area contributed by atoms with Crippen molar-refractivity contribution < 1.29 is 23.7 Å². The Morgan fingerprint density at radius 2 is 2.30 bits per heavy atom. The third kappa shape index (κ3) is 3.48. The van der Waals surface area contributed by atoms with Crippen LogP contribution in [0, 0.1) is 11.3 Å². The Kier molecular flexibility index (Phi) is 4.07. The summed E-state index contributed by atoms with van der Waals surface area (Å²) in [5, 5.41) is 8.20. The summed E-state index contributed by atoms with van der Waals surface area (Å²) in [7, 11) is 0. The maximum absolute atomic E-state index is 12.6. The van der Waals surface area contributed by atoms with Crippen molar-refractivity contribution in [2.75, 3.05) is 0 Å². The number of hydrogen-bond donors (Lipinski definition) is 0. The molecule has 0 aliphatic heterocycles. The van der Waals surface area contributed by atoms with Crippen molar-refractivity contribution in [2.24, 2.45) is 0 Å². The van der Waals surface area contributed by atoms with Crippen LogP contribution in [0.4, 0.5) is 4.39 Å². The van der Waals surface area contributed by atoms with Crippen LogP contribution in [0.1, 0.15) is 6.92 Å².